The number of hydrazine groups is 1. The molecular formula is C31H27N5O9. The van der Waals surface area contributed by atoms with Gasteiger partial charge in [-0.3, -0.25) is 15.4 Å². The maximum Gasteiger partial charge on any atom is 0.351 e. The van der Waals surface area contributed by atoms with E-state index in [9.17, 15) is 24.0 Å². The second-order valence-electron chi connectivity index (χ2n) is 9.62. The Bertz CT molecular complexity index is 1720. The third-order valence-electron chi connectivity index (χ3n) is 6.60. The Morgan fingerprint density at radius 3 is 1.78 bits per heavy atom. The van der Waals surface area contributed by atoms with Crippen LogP contribution in [0.1, 0.15) is 37.3 Å². The van der Waals surface area contributed by atoms with E-state index in [1.807, 2.05) is 0 Å². The second kappa shape index (κ2) is 14.0. The topological polar surface area (TPSA) is 190 Å². The molecule has 14 heteroatoms. The van der Waals surface area contributed by atoms with E-state index >= 15 is 0 Å². The molecule has 0 saturated carbocycles. The summed E-state index contributed by atoms with van der Waals surface area (Å²) < 4.78 is 24.3. The number of urea groups is 1. The number of primary amides is 1. The molecule has 0 radical (unpaired) electrons. The van der Waals surface area contributed by atoms with Crippen molar-refractivity contribution in [1.29, 1.82) is 0 Å². The van der Waals surface area contributed by atoms with E-state index in [0.717, 1.165) is 4.57 Å². The quantitative estimate of drug-likeness (QED) is 0.135. The first-order valence-electron chi connectivity index (χ1n) is 13.6. The molecule has 1 aliphatic rings. The molecule has 2 heterocycles. The van der Waals surface area contributed by atoms with E-state index in [1.54, 1.807) is 66.7 Å². The average molecular weight is 614 g/mol. The van der Waals surface area contributed by atoms with Crippen LogP contribution in [-0.4, -0.2) is 58.4 Å². The molecule has 4 N–H and O–H groups in total. The summed E-state index contributed by atoms with van der Waals surface area (Å²) in [5, 5.41) is 0. The largest absolute Gasteiger partial charge is 0.459 e. The Labute approximate surface area is 255 Å². The lowest BCUT2D eigenvalue weighted by molar-refractivity contribution is -0.0639. The second-order valence-corrected chi connectivity index (χ2v) is 9.62. The Hall–Kier alpha value is -6.02. The molecule has 0 spiro atoms. The third kappa shape index (κ3) is 7.50. The van der Waals surface area contributed by atoms with Crippen molar-refractivity contribution in [3.8, 4) is 0 Å². The molecule has 1 fully saturated rings. The van der Waals surface area contributed by atoms with Crippen LogP contribution in [0.5, 0.6) is 0 Å². The first-order chi connectivity index (χ1) is 21.8. The third-order valence-corrected chi connectivity index (χ3v) is 6.60. The molecule has 3 aromatic carbocycles. The molecule has 45 heavy (non-hydrogen) atoms. The van der Waals surface area contributed by atoms with Crippen LogP contribution in [0.3, 0.4) is 0 Å². The fraction of sp³-hybridized carbons (Fsp3) is 0.161. The van der Waals surface area contributed by atoms with E-state index in [0.29, 0.717) is 0 Å². The maximum absolute atomic E-state index is 13.3. The molecular weight excluding hydrogens is 586 g/mol. The number of aromatic nitrogens is 2. The van der Waals surface area contributed by atoms with Crippen LogP contribution in [0.25, 0.3) is 0 Å². The summed E-state index contributed by atoms with van der Waals surface area (Å²) in [6, 6.07) is 24.7. The minimum absolute atomic E-state index is 0.0497. The lowest BCUT2D eigenvalue weighted by Gasteiger charge is -2.25. The minimum atomic E-state index is -1.41. The highest BCUT2D eigenvalue weighted by Crippen LogP contribution is 2.35. The van der Waals surface area contributed by atoms with Crippen molar-refractivity contribution in [1.82, 2.24) is 15.0 Å². The Morgan fingerprint density at radius 2 is 1.27 bits per heavy atom. The van der Waals surface area contributed by atoms with Gasteiger partial charge in [0, 0.05) is 6.20 Å². The summed E-state index contributed by atoms with van der Waals surface area (Å²) >= 11 is 0. The molecule has 230 valence electrons. The SMILES string of the molecule is NC(=O)NNc1ccn([C@@H]2O[C@H](COC(=O)c3ccccc3)[C@@H](OC(=O)c3ccccc3)[C@H]2OC(=O)c2ccccc2)c(=O)n1. The monoisotopic (exact) mass is 613 g/mol. The van der Waals surface area contributed by atoms with Gasteiger partial charge in [0.05, 0.1) is 16.7 Å². The fourth-order valence-electron chi connectivity index (χ4n) is 4.48. The number of benzene rings is 3. The van der Waals surface area contributed by atoms with Crippen LogP contribution >= 0.6 is 0 Å². The van der Waals surface area contributed by atoms with Gasteiger partial charge in [0.1, 0.15) is 12.7 Å². The van der Waals surface area contributed by atoms with Gasteiger partial charge in [0.15, 0.2) is 24.3 Å². The van der Waals surface area contributed by atoms with Crippen LogP contribution in [0.4, 0.5) is 10.6 Å². The highest BCUT2D eigenvalue weighted by atomic mass is 16.7. The van der Waals surface area contributed by atoms with Crippen LogP contribution in [0, 0.1) is 0 Å². The van der Waals surface area contributed by atoms with E-state index in [4.69, 9.17) is 24.7 Å². The van der Waals surface area contributed by atoms with Gasteiger partial charge >= 0.3 is 29.6 Å². The number of esters is 3. The van der Waals surface area contributed by atoms with Gasteiger partial charge in [-0.15, -0.1) is 0 Å². The van der Waals surface area contributed by atoms with E-state index < -0.39 is 60.8 Å². The van der Waals surface area contributed by atoms with Gasteiger partial charge in [-0.05, 0) is 42.5 Å². The molecule has 2 amide bonds. The standard InChI is InChI=1S/C31H27N5O9/c32-30(40)35-34-23-16-17-36(31(41)33-23)26-25(45-29(39)21-14-8-3-9-15-21)24(44-28(38)20-12-6-2-7-13-20)22(43-26)18-42-27(37)19-10-4-1-5-11-19/h1-17,22,24-26H,18H2,(H3,32,35,40)(H,33,34,41)/t22-,24-,25-,26-/m1/s1. The molecule has 1 aromatic heterocycles. The average Bonchev–Trinajstić information content (AvgIpc) is 3.39. The van der Waals surface area contributed by atoms with Gasteiger partial charge in [0.25, 0.3) is 0 Å². The summed E-state index contributed by atoms with van der Waals surface area (Å²) in [4.78, 5) is 67.3. The number of nitrogens with two attached hydrogens (primary N) is 1. The maximum atomic E-state index is 13.3. The number of carbonyl (C=O) groups excluding carboxylic acids is 4. The zero-order chi connectivity index (χ0) is 31.8. The van der Waals surface area contributed by atoms with Crippen LogP contribution < -0.4 is 22.3 Å². The lowest BCUT2D eigenvalue weighted by Crippen LogP contribution is -2.42. The van der Waals surface area contributed by atoms with Gasteiger partial charge in [-0.2, -0.15) is 4.98 Å². The summed E-state index contributed by atoms with van der Waals surface area (Å²) in [5.74, 6) is -2.29. The van der Waals surface area contributed by atoms with Crippen molar-refractivity contribution in [2.24, 2.45) is 5.73 Å². The van der Waals surface area contributed by atoms with Gasteiger partial charge in [-0.1, -0.05) is 54.6 Å². The highest BCUT2D eigenvalue weighted by molar-refractivity contribution is 5.91. The molecule has 0 aliphatic carbocycles. The minimum Gasteiger partial charge on any atom is -0.459 e. The molecule has 4 aromatic rings. The summed E-state index contributed by atoms with van der Waals surface area (Å²) in [7, 11) is 0. The van der Waals surface area contributed by atoms with E-state index in [1.165, 1.54) is 36.5 Å². The predicted octanol–water partition coefficient (Wildman–Crippen LogP) is 2.44. The number of rotatable bonds is 10. The van der Waals surface area contributed by atoms with Crippen molar-refractivity contribution in [2.75, 3.05) is 12.0 Å². The molecule has 4 atom stereocenters. The normalized spacial score (nSPS) is 18.8. The van der Waals surface area contributed by atoms with Gasteiger partial charge < -0.3 is 24.7 Å². The van der Waals surface area contributed by atoms with Crippen LogP contribution in [0.15, 0.2) is 108 Å². The highest BCUT2D eigenvalue weighted by Gasteiger charge is 2.51. The lowest BCUT2D eigenvalue weighted by atomic mass is 10.1. The van der Waals surface area contributed by atoms with Crippen molar-refractivity contribution in [2.45, 2.75) is 24.5 Å². The Balaban J connectivity index is 1.49. The summed E-state index contributed by atoms with van der Waals surface area (Å²) in [5.41, 5.74) is 9.29. The molecule has 0 bridgehead atoms. The van der Waals surface area contributed by atoms with Crippen LogP contribution in [0.2, 0.25) is 0 Å². The number of nitrogens with zero attached hydrogens (tertiary/aromatic N) is 2. The zero-order valence-corrected chi connectivity index (χ0v) is 23.5. The Morgan fingerprint density at radius 1 is 0.756 bits per heavy atom. The van der Waals surface area contributed by atoms with Crippen molar-refractivity contribution >= 4 is 29.8 Å². The number of hydrogen-bond acceptors (Lipinski definition) is 11. The number of anilines is 1. The van der Waals surface area contributed by atoms with E-state index in [-0.39, 0.29) is 22.5 Å². The zero-order valence-electron chi connectivity index (χ0n) is 23.5. The predicted molar refractivity (Wildman–Crippen MR) is 157 cm³/mol. The number of amides is 2. The molecule has 1 aliphatic heterocycles. The number of nitrogens with one attached hydrogen (secondary N) is 2. The summed E-state index contributed by atoms with van der Waals surface area (Å²) in [6.07, 6.45) is -4.06. The smallest absolute Gasteiger partial charge is 0.351 e. The van der Waals surface area contributed by atoms with Gasteiger partial charge in [0.2, 0.25) is 0 Å². The Kier molecular flexibility index (Phi) is 9.45. The summed E-state index contributed by atoms with van der Waals surface area (Å²) in [6.45, 7) is -0.430. The van der Waals surface area contributed by atoms with Crippen molar-refractivity contribution in [3.05, 3.63) is 130 Å². The molecule has 14 nitrogen and oxygen atoms in total. The van der Waals surface area contributed by atoms with Gasteiger partial charge in [-0.25, -0.2) is 24.0 Å². The fourth-order valence-corrected chi connectivity index (χ4v) is 4.48. The van der Waals surface area contributed by atoms with Crippen molar-refractivity contribution < 1.29 is 38.1 Å². The van der Waals surface area contributed by atoms with E-state index in [2.05, 4.69) is 15.8 Å². The first kappa shape index (κ1) is 30.4. The molecule has 0 unspecified atom stereocenters. The number of ether oxygens (including phenoxy) is 4. The molecule has 5 rings (SSSR count). The van der Waals surface area contributed by atoms with Crippen molar-refractivity contribution in [3.63, 3.8) is 0 Å². The number of hydrogen-bond donors (Lipinski definition) is 3. The number of carbonyl (C=O) groups is 4. The first-order valence-corrected chi connectivity index (χ1v) is 13.6. The van der Waals surface area contributed by atoms with Crippen LogP contribution in [-0.2, 0) is 18.9 Å². The molecule has 1 saturated heterocycles.